The van der Waals surface area contributed by atoms with Crippen molar-refractivity contribution in [2.24, 2.45) is 4.99 Å². The van der Waals surface area contributed by atoms with E-state index >= 15 is 0 Å². The summed E-state index contributed by atoms with van der Waals surface area (Å²) in [6.07, 6.45) is 1.56. The average Bonchev–Trinajstić information content (AvgIpc) is 2.61. The van der Waals surface area contributed by atoms with Crippen molar-refractivity contribution < 1.29 is 13.2 Å². The first kappa shape index (κ1) is 24.2. The fraction of sp³-hybridized carbons (Fsp3) is 0.435. The fourth-order valence-electron chi connectivity index (χ4n) is 3.02. The van der Waals surface area contributed by atoms with E-state index in [9.17, 15) is 13.2 Å². The maximum atomic E-state index is 12.8. The molecule has 1 rings (SSSR count). The molecule has 28 heavy (non-hydrogen) atoms. The number of halogens is 4. The van der Waals surface area contributed by atoms with Gasteiger partial charge in [0.2, 0.25) is 0 Å². The van der Waals surface area contributed by atoms with Gasteiger partial charge in [-0.1, -0.05) is 48.4 Å². The van der Waals surface area contributed by atoms with Gasteiger partial charge in [-0.2, -0.15) is 13.2 Å². The SMILES string of the molecule is C=C(CC)C/C(=C/C)c1c(C)cc(CC/C(C)=C/C(=N\C)C(F)(F)F)cc1Cl. The van der Waals surface area contributed by atoms with E-state index < -0.39 is 11.9 Å². The highest BCUT2D eigenvalue weighted by atomic mass is 35.5. The molecule has 0 spiro atoms. The van der Waals surface area contributed by atoms with E-state index in [2.05, 4.69) is 30.6 Å². The van der Waals surface area contributed by atoms with Crippen molar-refractivity contribution in [3.05, 3.63) is 63.7 Å². The number of aryl methyl sites for hydroxylation is 2. The molecule has 1 aromatic carbocycles. The molecule has 0 saturated heterocycles. The van der Waals surface area contributed by atoms with Crippen molar-refractivity contribution in [1.29, 1.82) is 0 Å². The predicted octanol–water partition coefficient (Wildman–Crippen LogP) is 7.92. The van der Waals surface area contributed by atoms with Gasteiger partial charge in [-0.05, 0) is 80.9 Å². The molecule has 1 aromatic rings. The maximum absolute atomic E-state index is 12.8. The van der Waals surface area contributed by atoms with Gasteiger partial charge in [-0.15, -0.1) is 0 Å². The summed E-state index contributed by atoms with van der Waals surface area (Å²) in [5.74, 6) is 0. The van der Waals surface area contributed by atoms with Crippen molar-refractivity contribution in [3.63, 3.8) is 0 Å². The Morgan fingerprint density at radius 1 is 1.29 bits per heavy atom. The first-order valence-electron chi connectivity index (χ1n) is 9.35. The third kappa shape index (κ3) is 6.97. The van der Waals surface area contributed by atoms with Crippen molar-refractivity contribution in [1.82, 2.24) is 0 Å². The van der Waals surface area contributed by atoms with Crippen LogP contribution in [0.4, 0.5) is 13.2 Å². The molecule has 0 unspecified atom stereocenters. The number of hydrogen-bond donors (Lipinski definition) is 0. The van der Waals surface area contributed by atoms with Crippen LogP contribution in [0.25, 0.3) is 5.57 Å². The van der Waals surface area contributed by atoms with Crippen LogP contribution in [0, 0.1) is 6.92 Å². The Balaban J connectivity index is 3.00. The van der Waals surface area contributed by atoms with Crippen LogP contribution < -0.4 is 0 Å². The van der Waals surface area contributed by atoms with Crippen LogP contribution in [-0.2, 0) is 6.42 Å². The molecule has 154 valence electrons. The average molecular weight is 412 g/mol. The van der Waals surface area contributed by atoms with Crippen LogP contribution in [0.3, 0.4) is 0 Å². The summed E-state index contributed by atoms with van der Waals surface area (Å²) in [5.41, 5.74) is 5.15. The lowest BCUT2D eigenvalue weighted by Crippen LogP contribution is -2.21. The van der Waals surface area contributed by atoms with Gasteiger partial charge in [0.15, 0.2) is 0 Å². The molecule has 0 aliphatic rings. The Morgan fingerprint density at radius 3 is 2.39 bits per heavy atom. The molecule has 0 bridgehead atoms. The third-order valence-corrected chi connectivity index (χ3v) is 4.98. The number of nitrogens with zero attached hydrogens (tertiary/aromatic N) is 1. The van der Waals surface area contributed by atoms with E-state index in [1.807, 2.05) is 19.9 Å². The predicted molar refractivity (Wildman–Crippen MR) is 115 cm³/mol. The normalized spacial score (nSPS) is 13.8. The van der Waals surface area contributed by atoms with Crippen molar-refractivity contribution in [2.75, 3.05) is 7.05 Å². The Hall–Kier alpha value is -1.81. The minimum atomic E-state index is -4.43. The highest BCUT2D eigenvalue weighted by molar-refractivity contribution is 6.32. The summed E-state index contributed by atoms with van der Waals surface area (Å²) < 4.78 is 38.4. The van der Waals surface area contributed by atoms with E-state index in [-0.39, 0.29) is 0 Å². The van der Waals surface area contributed by atoms with Gasteiger partial charge in [-0.25, -0.2) is 0 Å². The summed E-state index contributed by atoms with van der Waals surface area (Å²) in [6.45, 7) is 11.8. The lowest BCUT2D eigenvalue weighted by Gasteiger charge is -2.16. The highest BCUT2D eigenvalue weighted by Gasteiger charge is 2.33. The van der Waals surface area contributed by atoms with Gasteiger partial charge in [0.1, 0.15) is 5.71 Å². The minimum Gasteiger partial charge on any atom is -0.284 e. The van der Waals surface area contributed by atoms with E-state index in [1.54, 1.807) is 6.92 Å². The zero-order valence-electron chi connectivity index (χ0n) is 17.3. The zero-order chi connectivity index (χ0) is 21.5. The monoisotopic (exact) mass is 411 g/mol. The maximum Gasteiger partial charge on any atom is 0.432 e. The largest absolute Gasteiger partial charge is 0.432 e. The van der Waals surface area contributed by atoms with Gasteiger partial charge in [-0.3, -0.25) is 4.99 Å². The van der Waals surface area contributed by atoms with Gasteiger partial charge in [0.25, 0.3) is 0 Å². The Morgan fingerprint density at radius 2 is 1.93 bits per heavy atom. The molecule has 0 fully saturated rings. The summed E-state index contributed by atoms with van der Waals surface area (Å²) in [6, 6.07) is 3.97. The number of benzene rings is 1. The Kier molecular flexibility index (Phi) is 9.22. The second-order valence-electron chi connectivity index (χ2n) is 6.96. The first-order valence-corrected chi connectivity index (χ1v) is 9.73. The quantitative estimate of drug-likeness (QED) is 0.304. The van der Waals surface area contributed by atoms with E-state index in [0.717, 1.165) is 53.8 Å². The first-order chi connectivity index (χ1) is 13.0. The molecule has 0 amide bonds. The topological polar surface area (TPSA) is 12.4 Å². The van der Waals surface area contributed by atoms with Crippen LogP contribution in [0.1, 0.15) is 56.7 Å². The molecule has 0 aliphatic carbocycles. The number of rotatable bonds is 8. The Labute approximate surface area is 171 Å². The molecular formula is C23H29ClF3N. The molecule has 0 aliphatic heterocycles. The minimum absolute atomic E-state index is 0.507. The van der Waals surface area contributed by atoms with E-state index in [4.69, 9.17) is 11.6 Å². The molecule has 0 radical (unpaired) electrons. The van der Waals surface area contributed by atoms with Crippen LogP contribution in [-0.4, -0.2) is 18.9 Å². The van der Waals surface area contributed by atoms with Gasteiger partial charge in [0.05, 0.1) is 0 Å². The van der Waals surface area contributed by atoms with Crippen LogP contribution in [0.2, 0.25) is 5.02 Å². The fourth-order valence-corrected chi connectivity index (χ4v) is 3.43. The summed E-state index contributed by atoms with van der Waals surface area (Å²) in [4.78, 5) is 3.33. The number of hydrogen-bond acceptors (Lipinski definition) is 1. The van der Waals surface area contributed by atoms with Gasteiger partial charge >= 0.3 is 6.18 Å². The van der Waals surface area contributed by atoms with Gasteiger partial charge < -0.3 is 0 Å². The summed E-state index contributed by atoms with van der Waals surface area (Å²) in [7, 11) is 1.15. The molecule has 0 saturated carbocycles. The lowest BCUT2D eigenvalue weighted by atomic mass is 9.92. The molecule has 1 nitrogen and oxygen atoms in total. The third-order valence-electron chi connectivity index (χ3n) is 4.68. The van der Waals surface area contributed by atoms with Crippen LogP contribution in [0.5, 0.6) is 0 Å². The highest BCUT2D eigenvalue weighted by Crippen LogP contribution is 2.33. The van der Waals surface area contributed by atoms with E-state index in [1.165, 1.54) is 0 Å². The van der Waals surface area contributed by atoms with Gasteiger partial charge in [0, 0.05) is 12.1 Å². The lowest BCUT2D eigenvalue weighted by molar-refractivity contribution is -0.0578. The molecule has 0 heterocycles. The summed E-state index contributed by atoms with van der Waals surface area (Å²) in [5, 5.41) is 0.666. The van der Waals surface area contributed by atoms with Crippen molar-refractivity contribution in [2.45, 2.75) is 59.6 Å². The number of aliphatic imine (C=N–C) groups is 1. The zero-order valence-corrected chi connectivity index (χ0v) is 18.1. The second-order valence-corrected chi connectivity index (χ2v) is 7.37. The molecule has 0 N–H and O–H groups in total. The smallest absolute Gasteiger partial charge is 0.284 e. The summed E-state index contributed by atoms with van der Waals surface area (Å²) >= 11 is 6.56. The molecular weight excluding hydrogens is 383 g/mol. The number of allylic oxidation sites excluding steroid dienone is 5. The van der Waals surface area contributed by atoms with E-state index in [0.29, 0.717) is 23.4 Å². The standard InChI is InChI=1S/C23H29ClF3N/c1-7-15(3)11-19(8-2)22-17(5)13-18(14-20(22)24)10-9-16(4)12-21(28-6)23(25,26)27/h8,12-14H,3,7,9-11H2,1-2,4-6H3/b16-12+,19-8-,28-21+. The van der Waals surface area contributed by atoms with Crippen molar-refractivity contribution in [3.8, 4) is 0 Å². The van der Waals surface area contributed by atoms with Crippen LogP contribution in [0.15, 0.2) is 47.0 Å². The second kappa shape index (κ2) is 10.7. The van der Waals surface area contributed by atoms with Crippen LogP contribution >= 0.6 is 11.6 Å². The molecule has 0 aromatic heterocycles. The molecule has 0 atom stereocenters. The van der Waals surface area contributed by atoms with Crippen molar-refractivity contribution >= 4 is 22.9 Å². The number of alkyl halides is 3. The molecule has 5 heteroatoms. The Bertz CT molecular complexity index is 776.